The Hall–Kier alpha value is -1.13. The second kappa shape index (κ2) is 6.55. The van der Waals surface area contributed by atoms with Gasteiger partial charge in [0, 0.05) is 43.8 Å². The average Bonchev–Trinajstić information content (AvgIpc) is 2.84. The van der Waals surface area contributed by atoms with Gasteiger partial charge in [0.2, 0.25) is 0 Å². The third-order valence-corrected chi connectivity index (χ3v) is 4.51. The van der Waals surface area contributed by atoms with E-state index in [0.717, 1.165) is 18.2 Å². The topological polar surface area (TPSA) is 31.4 Å². The molecule has 110 valence electrons. The molecule has 0 unspecified atom stereocenters. The molecule has 1 aromatic heterocycles. The molecule has 0 spiro atoms. The van der Waals surface area contributed by atoms with E-state index in [9.17, 15) is 0 Å². The molecule has 1 N–H and O–H groups in total. The highest BCUT2D eigenvalue weighted by molar-refractivity contribution is 5.46. The van der Waals surface area contributed by atoms with Crippen LogP contribution in [0.4, 0.5) is 5.69 Å². The van der Waals surface area contributed by atoms with E-state index in [0.29, 0.717) is 0 Å². The Balaban J connectivity index is 1.56. The number of anilines is 1. The Morgan fingerprint density at radius 1 is 1.30 bits per heavy atom. The Bertz CT molecular complexity index is 428. The van der Waals surface area contributed by atoms with E-state index in [2.05, 4.69) is 39.2 Å². The van der Waals surface area contributed by atoms with Crippen molar-refractivity contribution in [2.24, 2.45) is 5.92 Å². The average molecular weight is 274 g/mol. The zero-order valence-electron chi connectivity index (χ0n) is 12.5. The number of nitrogens with one attached hydrogen (secondary N) is 1. The second-order valence-corrected chi connectivity index (χ2v) is 6.16. The lowest BCUT2D eigenvalue weighted by Crippen LogP contribution is -2.34. The normalized spacial score (nSPS) is 24.9. The molecule has 0 bridgehead atoms. The van der Waals surface area contributed by atoms with Crippen molar-refractivity contribution in [1.29, 1.82) is 0 Å². The zero-order valence-corrected chi connectivity index (χ0v) is 12.5. The van der Waals surface area contributed by atoms with E-state index < -0.39 is 0 Å². The van der Waals surface area contributed by atoms with Crippen LogP contribution in [0.25, 0.3) is 0 Å². The standard InChI is InChI=1S/C16H26N4/c1-14-11-16(4-6-18-14)20-8-2-7-19(9-10-20)13-15-3-5-17-12-15/h4,6,11,15,17H,2-3,5,7-10,12-13H2,1H3/t15-/m0/s1. The van der Waals surface area contributed by atoms with Crippen molar-refractivity contribution >= 4 is 5.69 Å². The minimum Gasteiger partial charge on any atom is -0.370 e. The summed E-state index contributed by atoms with van der Waals surface area (Å²) in [5, 5.41) is 3.47. The highest BCUT2D eigenvalue weighted by Gasteiger charge is 2.20. The van der Waals surface area contributed by atoms with Gasteiger partial charge >= 0.3 is 0 Å². The number of pyridine rings is 1. The molecule has 2 aliphatic rings. The van der Waals surface area contributed by atoms with E-state index >= 15 is 0 Å². The maximum Gasteiger partial charge on any atom is 0.0400 e. The summed E-state index contributed by atoms with van der Waals surface area (Å²) in [7, 11) is 0. The third-order valence-electron chi connectivity index (χ3n) is 4.51. The third kappa shape index (κ3) is 3.49. The first kappa shape index (κ1) is 13.8. The van der Waals surface area contributed by atoms with Crippen LogP contribution in [0.15, 0.2) is 18.3 Å². The van der Waals surface area contributed by atoms with Crippen LogP contribution in [-0.2, 0) is 0 Å². The molecular formula is C16H26N4. The monoisotopic (exact) mass is 274 g/mol. The van der Waals surface area contributed by atoms with Crippen molar-refractivity contribution in [2.45, 2.75) is 19.8 Å². The fourth-order valence-electron chi connectivity index (χ4n) is 3.37. The summed E-state index contributed by atoms with van der Waals surface area (Å²) in [6, 6.07) is 4.35. The fourth-order valence-corrected chi connectivity index (χ4v) is 3.37. The first-order valence-electron chi connectivity index (χ1n) is 7.92. The van der Waals surface area contributed by atoms with Crippen molar-refractivity contribution < 1.29 is 0 Å². The Labute approximate surface area is 122 Å². The SMILES string of the molecule is Cc1cc(N2CCCN(C[C@H]3CCNC3)CC2)ccn1. The van der Waals surface area contributed by atoms with Crippen molar-refractivity contribution in [2.75, 3.05) is 50.7 Å². The Morgan fingerprint density at radius 2 is 2.25 bits per heavy atom. The largest absolute Gasteiger partial charge is 0.370 e. The molecule has 2 aliphatic heterocycles. The van der Waals surface area contributed by atoms with E-state index in [1.54, 1.807) is 0 Å². The van der Waals surface area contributed by atoms with Gasteiger partial charge in [-0.3, -0.25) is 4.98 Å². The number of nitrogens with zero attached hydrogens (tertiary/aromatic N) is 3. The summed E-state index contributed by atoms with van der Waals surface area (Å²) in [5.41, 5.74) is 2.45. The summed E-state index contributed by atoms with van der Waals surface area (Å²) in [4.78, 5) is 9.47. The molecule has 1 aromatic rings. The summed E-state index contributed by atoms with van der Waals surface area (Å²) >= 11 is 0. The summed E-state index contributed by atoms with van der Waals surface area (Å²) in [5.74, 6) is 0.865. The van der Waals surface area contributed by atoms with Crippen LogP contribution in [0.2, 0.25) is 0 Å². The van der Waals surface area contributed by atoms with Crippen molar-refractivity contribution in [3.05, 3.63) is 24.0 Å². The number of hydrogen-bond donors (Lipinski definition) is 1. The molecule has 0 aliphatic carbocycles. The number of aryl methyl sites for hydroxylation is 1. The van der Waals surface area contributed by atoms with Crippen molar-refractivity contribution in [1.82, 2.24) is 15.2 Å². The predicted octanol–water partition coefficient (Wildman–Crippen LogP) is 1.51. The summed E-state index contributed by atoms with van der Waals surface area (Å²) < 4.78 is 0. The van der Waals surface area contributed by atoms with Crippen molar-refractivity contribution in [3.63, 3.8) is 0 Å². The van der Waals surface area contributed by atoms with Gasteiger partial charge in [-0.15, -0.1) is 0 Å². The lowest BCUT2D eigenvalue weighted by Gasteiger charge is -2.25. The van der Waals surface area contributed by atoms with Crippen molar-refractivity contribution in [3.8, 4) is 0 Å². The van der Waals surface area contributed by atoms with Crippen LogP contribution < -0.4 is 10.2 Å². The Kier molecular flexibility index (Phi) is 4.53. The zero-order chi connectivity index (χ0) is 13.8. The first-order valence-corrected chi connectivity index (χ1v) is 7.92. The molecule has 0 radical (unpaired) electrons. The quantitative estimate of drug-likeness (QED) is 0.905. The van der Waals surface area contributed by atoms with E-state index in [4.69, 9.17) is 0 Å². The van der Waals surface area contributed by atoms with Gasteiger partial charge in [0.25, 0.3) is 0 Å². The van der Waals surface area contributed by atoms with Crippen LogP contribution in [0, 0.1) is 12.8 Å². The lowest BCUT2D eigenvalue weighted by molar-refractivity contribution is 0.252. The highest BCUT2D eigenvalue weighted by Crippen LogP contribution is 2.18. The molecule has 3 heterocycles. The number of aromatic nitrogens is 1. The maximum absolute atomic E-state index is 4.30. The van der Waals surface area contributed by atoms with E-state index in [1.165, 1.54) is 57.8 Å². The lowest BCUT2D eigenvalue weighted by atomic mass is 10.1. The van der Waals surface area contributed by atoms with Gasteiger partial charge in [-0.1, -0.05) is 0 Å². The van der Waals surface area contributed by atoms with Gasteiger partial charge < -0.3 is 15.1 Å². The number of hydrogen-bond acceptors (Lipinski definition) is 4. The molecule has 0 saturated carbocycles. The smallest absolute Gasteiger partial charge is 0.0400 e. The van der Waals surface area contributed by atoms with Crippen LogP contribution in [-0.4, -0.2) is 55.7 Å². The Morgan fingerprint density at radius 3 is 3.05 bits per heavy atom. The first-order chi connectivity index (χ1) is 9.81. The van der Waals surface area contributed by atoms with Gasteiger partial charge in [0.1, 0.15) is 0 Å². The van der Waals surface area contributed by atoms with Crippen LogP contribution in [0.1, 0.15) is 18.5 Å². The molecular weight excluding hydrogens is 248 g/mol. The van der Waals surface area contributed by atoms with Gasteiger partial charge in [-0.25, -0.2) is 0 Å². The molecule has 0 aromatic carbocycles. The van der Waals surface area contributed by atoms with E-state index in [-0.39, 0.29) is 0 Å². The van der Waals surface area contributed by atoms with Gasteiger partial charge in [0.05, 0.1) is 0 Å². The molecule has 0 amide bonds. The predicted molar refractivity (Wildman–Crippen MR) is 83.2 cm³/mol. The van der Waals surface area contributed by atoms with Crippen LogP contribution in [0.5, 0.6) is 0 Å². The fraction of sp³-hybridized carbons (Fsp3) is 0.688. The summed E-state index contributed by atoms with van der Waals surface area (Å²) in [6.45, 7) is 10.5. The molecule has 3 rings (SSSR count). The number of rotatable bonds is 3. The molecule has 1 atom stereocenters. The van der Waals surface area contributed by atoms with Gasteiger partial charge in [-0.2, -0.15) is 0 Å². The molecule has 20 heavy (non-hydrogen) atoms. The molecule has 2 fully saturated rings. The molecule has 4 nitrogen and oxygen atoms in total. The van der Waals surface area contributed by atoms with Crippen LogP contribution >= 0.6 is 0 Å². The van der Waals surface area contributed by atoms with Gasteiger partial charge in [0.15, 0.2) is 0 Å². The molecule has 4 heteroatoms. The summed E-state index contributed by atoms with van der Waals surface area (Å²) in [6.07, 6.45) is 4.54. The molecule has 2 saturated heterocycles. The minimum absolute atomic E-state index is 0.865. The second-order valence-electron chi connectivity index (χ2n) is 6.16. The maximum atomic E-state index is 4.30. The minimum atomic E-state index is 0.865. The highest BCUT2D eigenvalue weighted by atomic mass is 15.2. The van der Waals surface area contributed by atoms with Crippen LogP contribution in [0.3, 0.4) is 0 Å². The van der Waals surface area contributed by atoms with Gasteiger partial charge in [-0.05, 0) is 57.5 Å². The van der Waals surface area contributed by atoms with E-state index in [1.807, 2.05) is 6.20 Å².